The highest BCUT2D eigenvalue weighted by Gasteiger charge is 2.41. The highest BCUT2D eigenvalue weighted by atomic mass is 35.5. The molecule has 2 aromatic carbocycles. The number of carbonyl (C=O) groups excluding carboxylic acids is 1. The van der Waals surface area contributed by atoms with Crippen LogP contribution in [0.1, 0.15) is 24.0 Å². The van der Waals surface area contributed by atoms with E-state index in [0.29, 0.717) is 16.6 Å². The third-order valence-corrected chi connectivity index (χ3v) is 7.24. The second-order valence-electron chi connectivity index (χ2n) is 8.49. The van der Waals surface area contributed by atoms with Crippen molar-refractivity contribution >= 4 is 39.1 Å². The average Bonchev–Trinajstić information content (AvgIpc) is 3.28. The number of carbonyl (C=O) groups is 1. The molecule has 1 aliphatic heterocycles. The van der Waals surface area contributed by atoms with E-state index < -0.39 is 15.6 Å². The fraction of sp³-hybridized carbons (Fsp3) is 0.435. The lowest BCUT2D eigenvalue weighted by Gasteiger charge is -2.45. The lowest BCUT2D eigenvalue weighted by atomic mass is 9.86. The molecule has 180 valence electrons. The third-order valence-electron chi connectivity index (χ3n) is 5.99. The molecule has 0 bridgehead atoms. The number of likely N-dealkylation sites (N-methyl/N-ethyl adjacent to an activating group) is 1. The van der Waals surface area contributed by atoms with Gasteiger partial charge in [-0.3, -0.25) is 4.79 Å². The quantitative estimate of drug-likeness (QED) is 0.478. The van der Waals surface area contributed by atoms with Crippen LogP contribution in [0.2, 0.25) is 10.0 Å². The Morgan fingerprint density at radius 3 is 2.36 bits per heavy atom. The van der Waals surface area contributed by atoms with Crippen molar-refractivity contribution in [2.45, 2.75) is 24.8 Å². The molecule has 1 heterocycles. The van der Waals surface area contributed by atoms with Crippen molar-refractivity contribution in [2.24, 2.45) is 0 Å². The minimum absolute atomic E-state index is 0.113. The number of rotatable bonds is 10. The van der Waals surface area contributed by atoms with Crippen LogP contribution in [-0.2, 0) is 26.8 Å². The molecule has 2 aromatic rings. The molecular weight excluding hydrogens is 483 g/mol. The number of sulfonamides is 1. The highest BCUT2D eigenvalue weighted by Crippen LogP contribution is 2.31. The number of nitrogens with zero attached hydrogens (tertiary/aromatic N) is 2. The van der Waals surface area contributed by atoms with Crippen molar-refractivity contribution in [3.63, 3.8) is 0 Å². The van der Waals surface area contributed by atoms with Crippen LogP contribution in [0, 0.1) is 0 Å². The molecule has 7 nitrogen and oxygen atoms in total. The first-order chi connectivity index (χ1) is 15.6. The van der Waals surface area contributed by atoms with E-state index in [1.807, 2.05) is 30.3 Å². The van der Waals surface area contributed by atoms with E-state index in [1.54, 1.807) is 30.1 Å². The molecule has 10 heteroatoms. The lowest BCUT2D eigenvalue weighted by molar-refractivity contribution is -0.136. The molecule has 0 aromatic heterocycles. The maximum atomic E-state index is 13.5. The van der Waals surface area contributed by atoms with Gasteiger partial charge in [-0.15, -0.1) is 0 Å². The van der Waals surface area contributed by atoms with Gasteiger partial charge in [-0.2, -0.15) is 4.83 Å². The van der Waals surface area contributed by atoms with E-state index in [1.165, 1.54) is 0 Å². The summed E-state index contributed by atoms with van der Waals surface area (Å²) in [5, 5.41) is 0.833. The van der Waals surface area contributed by atoms with Crippen LogP contribution in [0.4, 0.5) is 0 Å². The molecule has 3 rings (SSSR count). The minimum atomic E-state index is -3.46. The largest absolute Gasteiger partial charge is 0.333 e. The Kier molecular flexibility index (Phi) is 8.77. The van der Waals surface area contributed by atoms with E-state index in [-0.39, 0.29) is 18.9 Å². The topological polar surface area (TPSA) is 81.8 Å². The number of amides is 1. The van der Waals surface area contributed by atoms with Crippen molar-refractivity contribution in [2.75, 3.05) is 39.5 Å². The Hall–Kier alpha value is -1.68. The number of benzene rings is 2. The van der Waals surface area contributed by atoms with Gasteiger partial charge in [-0.05, 0) is 49.2 Å². The van der Waals surface area contributed by atoms with E-state index in [2.05, 4.69) is 15.2 Å². The van der Waals surface area contributed by atoms with Gasteiger partial charge < -0.3 is 9.80 Å². The SMILES string of the molecule is CN(C(=O)Cc1ccc(Cl)c(Cl)c1)C(CNNS(C)(=O)=O)(CN1CCCC1)c1ccccc1. The predicted molar refractivity (Wildman–Crippen MR) is 133 cm³/mol. The smallest absolute Gasteiger partial charge is 0.227 e. The fourth-order valence-electron chi connectivity index (χ4n) is 4.22. The summed E-state index contributed by atoms with van der Waals surface area (Å²) in [6.45, 7) is 2.63. The fourth-order valence-corrected chi connectivity index (χ4v) is 4.88. The van der Waals surface area contributed by atoms with Crippen LogP contribution in [-0.4, -0.2) is 63.6 Å². The summed E-state index contributed by atoms with van der Waals surface area (Å²) in [4.78, 5) is 19.9. The van der Waals surface area contributed by atoms with Gasteiger partial charge in [0.2, 0.25) is 15.9 Å². The highest BCUT2D eigenvalue weighted by molar-refractivity contribution is 7.88. The second kappa shape index (κ2) is 11.2. The van der Waals surface area contributed by atoms with Gasteiger partial charge in [0.1, 0.15) is 0 Å². The van der Waals surface area contributed by atoms with Crippen LogP contribution in [0.5, 0.6) is 0 Å². The van der Waals surface area contributed by atoms with Crippen molar-refractivity contribution < 1.29 is 13.2 Å². The molecule has 0 radical (unpaired) electrons. The van der Waals surface area contributed by atoms with Gasteiger partial charge in [0.05, 0.1) is 28.3 Å². The summed E-state index contributed by atoms with van der Waals surface area (Å²) in [7, 11) is -1.70. The molecule has 1 unspecified atom stereocenters. The number of hydrogen-bond donors (Lipinski definition) is 2. The van der Waals surface area contributed by atoms with Gasteiger partial charge in [0, 0.05) is 20.1 Å². The summed E-state index contributed by atoms with van der Waals surface area (Å²) in [6.07, 6.45) is 3.42. The average molecular weight is 513 g/mol. The standard InChI is InChI=1S/C23H30Cl2N4O3S/c1-28(22(30)15-18-10-11-20(24)21(25)14-18)23(16-26-27-33(2,31)32,17-29-12-6-7-13-29)19-8-4-3-5-9-19/h3-5,8-11,14,26-27H,6-7,12-13,15-17H2,1-2H3. The molecule has 0 spiro atoms. The van der Waals surface area contributed by atoms with Gasteiger partial charge in [0.15, 0.2) is 0 Å². The van der Waals surface area contributed by atoms with Crippen LogP contribution in [0.15, 0.2) is 48.5 Å². The molecule has 1 saturated heterocycles. The molecular formula is C23H30Cl2N4O3S. The first-order valence-electron chi connectivity index (χ1n) is 10.8. The summed E-state index contributed by atoms with van der Waals surface area (Å²) in [5.74, 6) is -0.113. The zero-order valence-electron chi connectivity index (χ0n) is 18.9. The Balaban J connectivity index is 1.95. The molecule has 1 amide bonds. The monoisotopic (exact) mass is 512 g/mol. The summed E-state index contributed by atoms with van der Waals surface area (Å²) < 4.78 is 23.4. The number of hydrazine groups is 1. The molecule has 1 aliphatic rings. The minimum Gasteiger partial charge on any atom is -0.333 e. The zero-order valence-corrected chi connectivity index (χ0v) is 21.2. The van der Waals surface area contributed by atoms with Crippen molar-refractivity contribution in [3.05, 3.63) is 69.7 Å². The number of nitrogens with one attached hydrogen (secondary N) is 2. The molecule has 1 fully saturated rings. The first kappa shape index (κ1) is 25.9. The lowest BCUT2D eigenvalue weighted by Crippen LogP contribution is -2.60. The second-order valence-corrected chi connectivity index (χ2v) is 11.0. The van der Waals surface area contributed by atoms with Crippen LogP contribution >= 0.6 is 23.2 Å². The predicted octanol–water partition coefficient (Wildman–Crippen LogP) is 3.04. The van der Waals surface area contributed by atoms with E-state index in [4.69, 9.17) is 23.2 Å². The van der Waals surface area contributed by atoms with Crippen molar-refractivity contribution in [3.8, 4) is 0 Å². The maximum absolute atomic E-state index is 13.5. The Morgan fingerprint density at radius 1 is 1.09 bits per heavy atom. The van der Waals surface area contributed by atoms with Crippen molar-refractivity contribution in [1.29, 1.82) is 0 Å². The summed E-state index contributed by atoms with van der Waals surface area (Å²) >= 11 is 12.2. The van der Waals surface area contributed by atoms with Gasteiger partial charge in [-0.1, -0.05) is 59.6 Å². The zero-order chi connectivity index (χ0) is 24.1. The molecule has 0 saturated carbocycles. The van der Waals surface area contributed by atoms with Crippen LogP contribution in [0.25, 0.3) is 0 Å². The number of halogens is 2. The first-order valence-corrected chi connectivity index (χ1v) is 13.4. The van der Waals surface area contributed by atoms with E-state index in [0.717, 1.165) is 43.3 Å². The Morgan fingerprint density at radius 2 is 1.76 bits per heavy atom. The van der Waals surface area contributed by atoms with Gasteiger partial charge >= 0.3 is 0 Å². The molecule has 1 atom stereocenters. The molecule has 0 aliphatic carbocycles. The van der Waals surface area contributed by atoms with Gasteiger partial charge in [0.25, 0.3) is 0 Å². The van der Waals surface area contributed by atoms with E-state index in [9.17, 15) is 13.2 Å². The summed E-state index contributed by atoms with van der Waals surface area (Å²) in [5.41, 5.74) is 3.73. The number of likely N-dealkylation sites (tertiary alicyclic amines) is 1. The third kappa shape index (κ3) is 6.91. The van der Waals surface area contributed by atoms with E-state index >= 15 is 0 Å². The van der Waals surface area contributed by atoms with Gasteiger partial charge in [-0.25, -0.2) is 13.8 Å². The maximum Gasteiger partial charge on any atom is 0.227 e. The number of hydrogen-bond acceptors (Lipinski definition) is 5. The Labute approximate surface area is 206 Å². The summed E-state index contributed by atoms with van der Waals surface area (Å²) in [6, 6.07) is 14.9. The van der Waals surface area contributed by atoms with Crippen molar-refractivity contribution in [1.82, 2.24) is 20.1 Å². The van der Waals surface area contributed by atoms with Crippen LogP contribution in [0.3, 0.4) is 0 Å². The molecule has 33 heavy (non-hydrogen) atoms. The Bertz CT molecular complexity index is 1060. The normalized spacial score (nSPS) is 16.5. The van der Waals surface area contributed by atoms with Crippen LogP contribution < -0.4 is 10.3 Å². The molecule has 2 N–H and O–H groups in total.